The second-order valence-electron chi connectivity index (χ2n) is 3.21. The van der Waals surface area contributed by atoms with Gasteiger partial charge < -0.3 is 10.6 Å². The minimum atomic E-state index is -0.367. The number of amides is 1. The monoisotopic (exact) mass is 292 g/mol. The van der Waals surface area contributed by atoms with Crippen LogP contribution in [0.15, 0.2) is 22.7 Å². The zero-order valence-electron chi connectivity index (χ0n) is 8.85. The van der Waals surface area contributed by atoms with E-state index in [0.717, 1.165) is 4.90 Å². The molecule has 2 N–H and O–H groups in total. The van der Waals surface area contributed by atoms with Crippen LogP contribution in [-0.4, -0.2) is 23.9 Å². The molecule has 0 radical (unpaired) electrons. The molecule has 0 aliphatic heterocycles. The van der Waals surface area contributed by atoms with Crippen LogP contribution in [0.25, 0.3) is 0 Å². The van der Waals surface area contributed by atoms with Gasteiger partial charge in [0.1, 0.15) is 13.1 Å². The number of benzene rings is 1. The van der Waals surface area contributed by atoms with Gasteiger partial charge in [-0.25, -0.2) is 0 Å². The van der Waals surface area contributed by atoms with E-state index >= 15 is 0 Å². The third kappa shape index (κ3) is 3.20. The number of nitrogen functional groups attached to an aromatic ring is 1. The summed E-state index contributed by atoms with van der Waals surface area (Å²) in [5.41, 5.74) is 6.51. The Bertz CT molecular complexity index is 499. The summed E-state index contributed by atoms with van der Waals surface area (Å²) in [6.07, 6.45) is 0. The molecule has 0 bridgehead atoms. The Morgan fingerprint density at radius 2 is 1.94 bits per heavy atom. The van der Waals surface area contributed by atoms with E-state index in [2.05, 4.69) is 15.9 Å². The van der Waals surface area contributed by atoms with Crippen LogP contribution < -0.4 is 5.73 Å². The zero-order valence-corrected chi connectivity index (χ0v) is 10.4. The average Bonchev–Trinajstić information content (AvgIpc) is 2.31. The van der Waals surface area contributed by atoms with Crippen LogP contribution in [0.1, 0.15) is 10.4 Å². The van der Waals surface area contributed by atoms with Gasteiger partial charge in [-0.2, -0.15) is 10.5 Å². The first-order chi connectivity index (χ1) is 8.10. The minimum absolute atomic E-state index is 0.117. The molecule has 0 aromatic heterocycles. The molecule has 0 atom stereocenters. The maximum Gasteiger partial charge on any atom is 0.255 e. The molecule has 0 heterocycles. The molecule has 1 rings (SSSR count). The lowest BCUT2D eigenvalue weighted by molar-refractivity contribution is 0.0794. The van der Waals surface area contributed by atoms with Gasteiger partial charge in [-0.05, 0) is 34.1 Å². The molecule has 0 aliphatic carbocycles. The number of anilines is 1. The molecule has 0 saturated heterocycles. The molecule has 1 aromatic carbocycles. The fraction of sp³-hybridized carbons (Fsp3) is 0.182. The van der Waals surface area contributed by atoms with Gasteiger partial charge in [0, 0.05) is 15.7 Å². The van der Waals surface area contributed by atoms with E-state index in [1.54, 1.807) is 18.2 Å². The summed E-state index contributed by atoms with van der Waals surface area (Å²) < 4.78 is 0.609. The Kier molecular flexibility index (Phi) is 4.50. The van der Waals surface area contributed by atoms with Crippen molar-refractivity contribution >= 4 is 27.5 Å². The smallest absolute Gasteiger partial charge is 0.255 e. The normalized spacial score (nSPS) is 9.12. The molecule has 0 saturated carbocycles. The minimum Gasteiger partial charge on any atom is -0.398 e. The molecule has 86 valence electrons. The number of hydrogen-bond donors (Lipinski definition) is 1. The molecule has 6 heteroatoms. The van der Waals surface area contributed by atoms with Crippen LogP contribution in [0.2, 0.25) is 0 Å². The van der Waals surface area contributed by atoms with Crippen LogP contribution in [0.3, 0.4) is 0 Å². The number of nitriles is 2. The van der Waals surface area contributed by atoms with E-state index in [1.165, 1.54) is 0 Å². The molecule has 0 fully saturated rings. The second kappa shape index (κ2) is 5.88. The van der Waals surface area contributed by atoms with Gasteiger partial charge in [0.15, 0.2) is 0 Å². The Balaban J connectivity index is 2.98. The Morgan fingerprint density at radius 3 is 2.41 bits per heavy atom. The zero-order chi connectivity index (χ0) is 12.8. The molecule has 17 heavy (non-hydrogen) atoms. The van der Waals surface area contributed by atoms with Crippen LogP contribution in [0.5, 0.6) is 0 Å². The Morgan fingerprint density at radius 1 is 1.35 bits per heavy atom. The lowest BCUT2D eigenvalue weighted by Gasteiger charge is -2.16. The van der Waals surface area contributed by atoms with Crippen molar-refractivity contribution in [3.63, 3.8) is 0 Å². The number of rotatable bonds is 3. The topological polar surface area (TPSA) is 93.9 Å². The summed E-state index contributed by atoms with van der Waals surface area (Å²) in [5.74, 6) is -0.367. The van der Waals surface area contributed by atoms with E-state index < -0.39 is 0 Å². The van der Waals surface area contributed by atoms with Crippen LogP contribution in [-0.2, 0) is 0 Å². The van der Waals surface area contributed by atoms with Crippen LogP contribution >= 0.6 is 15.9 Å². The average molecular weight is 293 g/mol. The number of nitrogens with zero attached hydrogens (tertiary/aromatic N) is 3. The van der Waals surface area contributed by atoms with Crippen LogP contribution in [0, 0.1) is 22.7 Å². The third-order valence-electron chi connectivity index (χ3n) is 2.06. The van der Waals surface area contributed by atoms with Crippen molar-refractivity contribution in [1.82, 2.24) is 4.90 Å². The number of halogens is 1. The van der Waals surface area contributed by atoms with E-state index in [4.69, 9.17) is 16.3 Å². The van der Waals surface area contributed by atoms with Crippen molar-refractivity contribution in [2.75, 3.05) is 18.8 Å². The van der Waals surface area contributed by atoms with E-state index in [1.807, 2.05) is 12.1 Å². The summed E-state index contributed by atoms with van der Waals surface area (Å²) in [7, 11) is 0. The predicted molar refractivity (Wildman–Crippen MR) is 65.7 cm³/mol. The fourth-order valence-electron chi connectivity index (χ4n) is 1.21. The SMILES string of the molecule is N#CCN(CC#N)C(=O)c1ccc(N)c(Br)c1. The molecule has 0 unspecified atom stereocenters. The maximum absolute atomic E-state index is 12.0. The van der Waals surface area contributed by atoms with E-state index in [-0.39, 0.29) is 19.0 Å². The summed E-state index contributed by atoms with van der Waals surface area (Å²) in [4.78, 5) is 13.1. The van der Waals surface area contributed by atoms with Gasteiger partial charge in [0.25, 0.3) is 5.91 Å². The highest BCUT2D eigenvalue weighted by Crippen LogP contribution is 2.21. The maximum atomic E-state index is 12.0. The molecule has 1 aromatic rings. The highest BCUT2D eigenvalue weighted by molar-refractivity contribution is 9.10. The van der Waals surface area contributed by atoms with Crippen molar-refractivity contribution in [3.05, 3.63) is 28.2 Å². The first-order valence-corrected chi connectivity index (χ1v) is 5.47. The predicted octanol–water partition coefficient (Wildman–Crippen LogP) is 1.52. The number of hydrogen-bond acceptors (Lipinski definition) is 4. The third-order valence-corrected chi connectivity index (χ3v) is 2.74. The van der Waals surface area contributed by atoms with Gasteiger partial charge in [-0.1, -0.05) is 0 Å². The Hall–Kier alpha value is -2.05. The van der Waals surface area contributed by atoms with E-state index in [0.29, 0.717) is 15.7 Å². The first-order valence-electron chi connectivity index (χ1n) is 4.68. The summed E-state index contributed by atoms with van der Waals surface area (Å²) in [6, 6.07) is 8.41. The fourth-order valence-corrected chi connectivity index (χ4v) is 1.59. The van der Waals surface area contributed by atoms with Crippen molar-refractivity contribution in [3.8, 4) is 12.1 Å². The summed E-state index contributed by atoms with van der Waals surface area (Å²) in [5, 5.41) is 17.2. The quantitative estimate of drug-likeness (QED) is 0.675. The first kappa shape index (κ1) is 13.0. The van der Waals surface area contributed by atoms with Crippen molar-refractivity contribution in [2.24, 2.45) is 0 Å². The molecule has 1 amide bonds. The van der Waals surface area contributed by atoms with Gasteiger partial charge in [-0.15, -0.1) is 0 Å². The van der Waals surface area contributed by atoms with Gasteiger partial charge in [0.05, 0.1) is 12.1 Å². The highest BCUT2D eigenvalue weighted by atomic mass is 79.9. The van der Waals surface area contributed by atoms with E-state index in [9.17, 15) is 4.79 Å². The van der Waals surface area contributed by atoms with Crippen molar-refractivity contribution in [1.29, 1.82) is 10.5 Å². The Labute approximate surface area is 107 Å². The lowest BCUT2D eigenvalue weighted by atomic mass is 10.2. The van der Waals surface area contributed by atoms with Gasteiger partial charge in [0.2, 0.25) is 0 Å². The highest BCUT2D eigenvalue weighted by Gasteiger charge is 2.15. The molecule has 0 aliphatic rings. The van der Waals surface area contributed by atoms with Crippen LogP contribution in [0.4, 0.5) is 5.69 Å². The molecular formula is C11H9BrN4O. The van der Waals surface area contributed by atoms with Crippen molar-refractivity contribution in [2.45, 2.75) is 0 Å². The molecule has 0 spiro atoms. The molecular weight excluding hydrogens is 284 g/mol. The van der Waals surface area contributed by atoms with Crippen molar-refractivity contribution < 1.29 is 4.79 Å². The summed E-state index contributed by atoms with van der Waals surface area (Å²) >= 11 is 3.22. The molecule has 5 nitrogen and oxygen atoms in total. The second-order valence-corrected chi connectivity index (χ2v) is 4.07. The largest absolute Gasteiger partial charge is 0.398 e. The number of nitrogens with two attached hydrogens (primary N) is 1. The number of carbonyl (C=O) groups excluding carboxylic acids is 1. The lowest BCUT2D eigenvalue weighted by Crippen LogP contribution is -2.31. The van der Waals surface area contributed by atoms with Gasteiger partial charge >= 0.3 is 0 Å². The number of carbonyl (C=O) groups is 1. The standard InChI is InChI=1S/C11H9BrN4O/c12-9-7-8(1-2-10(9)15)11(17)16(5-3-13)6-4-14/h1-2,7H,5-6,15H2. The van der Waals surface area contributed by atoms with Gasteiger partial charge in [-0.3, -0.25) is 4.79 Å². The summed E-state index contributed by atoms with van der Waals surface area (Å²) in [6.45, 7) is -0.233.